The molecule has 0 bridgehead atoms. The fourth-order valence-electron chi connectivity index (χ4n) is 11.3. The summed E-state index contributed by atoms with van der Waals surface area (Å²) in [5, 5.41) is 0. The molecule has 4 saturated carbocycles. The highest BCUT2D eigenvalue weighted by Crippen LogP contribution is 2.78. The summed E-state index contributed by atoms with van der Waals surface area (Å²) in [6.07, 6.45) is 14.1. The normalized spacial score (nSPS) is 46.2. The average Bonchev–Trinajstić information content (AvgIpc) is 3.33. The Morgan fingerprint density at radius 3 is 2.37 bits per heavy atom. The molecule has 4 aliphatic carbocycles. The summed E-state index contributed by atoms with van der Waals surface area (Å²) in [5.41, 5.74) is 0.516. The van der Waals surface area contributed by atoms with Gasteiger partial charge in [0.25, 0.3) is 0 Å². The van der Waals surface area contributed by atoms with Gasteiger partial charge in [-0.05, 0) is 99.0 Å². The second kappa shape index (κ2) is 10.3. The number of carbonyl (C=O) groups is 1. The van der Waals surface area contributed by atoms with E-state index in [1.807, 2.05) is 0 Å². The number of ether oxygens (including phenoxy) is 2. The van der Waals surface area contributed by atoms with Gasteiger partial charge < -0.3 is 14.4 Å². The first-order valence-electron chi connectivity index (χ1n) is 16.5. The van der Waals surface area contributed by atoms with Crippen LogP contribution in [0.25, 0.3) is 0 Å². The van der Waals surface area contributed by atoms with Crippen molar-refractivity contribution in [2.24, 2.45) is 46.3 Å². The third kappa shape index (κ3) is 4.41. The highest BCUT2D eigenvalue weighted by Gasteiger charge is 2.83. The van der Waals surface area contributed by atoms with Crippen molar-refractivity contribution < 1.29 is 14.3 Å². The molecule has 1 spiro atoms. The molecule has 4 nitrogen and oxygen atoms in total. The number of fused-ring (bicyclic) bond motifs is 4. The predicted molar refractivity (Wildman–Crippen MR) is 155 cm³/mol. The van der Waals surface area contributed by atoms with Gasteiger partial charge in [0.15, 0.2) is 0 Å². The summed E-state index contributed by atoms with van der Waals surface area (Å²) < 4.78 is 13.1. The molecule has 4 heteroatoms. The van der Waals surface area contributed by atoms with Crippen LogP contribution >= 0.6 is 0 Å². The van der Waals surface area contributed by atoms with Crippen LogP contribution in [0.4, 0.5) is 0 Å². The summed E-state index contributed by atoms with van der Waals surface area (Å²) >= 11 is 0. The van der Waals surface area contributed by atoms with E-state index in [9.17, 15) is 4.79 Å². The highest BCUT2D eigenvalue weighted by molar-refractivity contribution is 5.66. The molecular formula is C34H59NO3. The van der Waals surface area contributed by atoms with Gasteiger partial charge in [0.1, 0.15) is 17.3 Å². The molecule has 218 valence electrons. The Balaban J connectivity index is 1.41. The molecule has 0 aromatic carbocycles. The lowest BCUT2D eigenvalue weighted by atomic mass is 9.42. The molecule has 0 radical (unpaired) electrons. The van der Waals surface area contributed by atoms with Crippen molar-refractivity contribution in [1.29, 1.82) is 0 Å². The van der Waals surface area contributed by atoms with Crippen LogP contribution in [0.2, 0.25) is 0 Å². The molecule has 0 amide bonds. The molecule has 0 N–H and O–H groups in total. The van der Waals surface area contributed by atoms with Gasteiger partial charge in [0.05, 0.1) is 0 Å². The lowest BCUT2D eigenvalue weighted by Gasteiger charge is -2.61. The largest absolute Gasteiger partial charge is 0.462 e. The maximum Gasteiger partial charge on any atom is 0.302 e. The monoisotopic (exact) mass is 529 g/mol. The molecule has 0 aromatic heterocycles. The Bertz CT molecular complexity index is 870. The molecule has 0 aromatic rings. The minimum absolute atomic E-state index is 0.0205. The maximum absolute atomic E-state index is 11.9. The molecule has 5 aliphatic rings. The summed E-state index contributed by atoms with van der Waals surface area (Å²) in [7, 11) is 0. The maximum atomic E-state index is 11.9. The molecule has 1 heterocycles. The van der Waals surface area contributed by atoms with Crippen LogP contribution in [-0.4, -0.2) is 47.8 Å². The lowest BCUT2D eigenvalue weighted by Crippen LogP contribution is -2.63. The number of epoxide rings is 1. The Hall–Kier alpha value is -0.610. The SMILES string of the molecule is CCN(CC)C[C@@]12C[C@H]3[C@@H]4CC[C@H]([C@H](C)CCCC(C)C)[C@@]4(C)CC[C@@H]3[C@@]3(C)CC[C@H](OC(C)=O)C[C@]13O2. The average molecular weight is 530 g/mol. The third-order valence-corrected chi connectivity index (χ3v) is 13.2. The van der Waals surface area contributed by atoms with Crippen molar-refractivity contribution in [2.75, 3.05) is 19.6 Å². The van der Waals surface area contributed by atoms with Gasteiger partial charge in [-0.2, -0.15) is 0 Å². The second-order valence-electron chi connectivity index (χ2n) is 15.4. The van der Waals surface area contributed by atoms with Gasteiger partial charge in [0, 0.05) is 25.3 Å². The fourth-order valence-corrected chi connectivity index (χ4v) is 11.3. The van der Waals surface area contributed by atoms with Gasteiger partial charge in [-0.1, -0.05) is 67.7 Å². The van der Waals surface area contributed by atoms with Crippen molar-refractivity contribution in [3.05, 3.63) is 0 Å². The predicted octanol–water partition coefficient (Wildman–Crippen LogP) is 7.88. The standard InChI is InChI=1S/C34H59NO3/c1-9-35(10-2)22-33-21-27-29-15-14-28(24(5)13-11-12-23(3)4)31(29,7)18-17-30(27)32(8)19-16-26(37-25(6)36)20-34(32,33)38-33/h23-24,26-30H,9-22H2,1-8H3/t24-,26+,27+,28-,29+,30+,31-,32-,33+,34-/m1/s1. The zero-order chi connectivity index (χ0) is 27.5. The second-order valence-corrected chi connectivity index (χ2v) is 15.4. The van der Waals surface area contributed by atoms with E-state index in [0.717, 1.165) is 74.4 Å². The number of hydrogen-bond donors (Lipinski definition) is 0. The van der Waals surface area contributed by atoms with E-state index in [1.165, 1.54) is 51.4 Å². The number of rotatable bonds is 10. The van der Waals surface area contributed by atoms with Gasteiger partial charge >= 0.3 is 5.97 Å². The first-order valence-corrected chi connectivity index (χ1v) is 16.5. The van der Waals surface area contributed by atoms with Crippen LogP contribution in [0.15, 0.2) is 0 Å². The van der Waals surface area contributed by atoms with E-state index in [4.69, 9.17) is 9.47 Å². The first-order chi connectivity index (χ1) is 17.9. The van der Waals surface area contributed by atoms with Gasteiger partial charge in [-0.3, -0.25) is 4.79 Å². The Morgan fingerprint density at radius 1 is 0.974 bits per heavy atom. The van der Waals surface area contributed by atoms with E-state index in [-0.39, 0.29) is 28.7 Å². The number of carbonyl (C=O) groups excluding carboxylic acids is 1. The zero-order valence-electron chi connectivity index (χ0n) is 26.1. The summed E-state index contributed by atoms with van der Waals surface area (Å²) in [6.45, 7) is 22.0. The molecular weight excluding hydrogens is 470 g/mol. The molecule has 5 fully saturated rings. The molecule has 10 atom stereocenters. The lowest BCUT2D eigenvalue weighted by molar-refractivity contribution is -0.159. The molecule has 5 rings (SSSR count). The van der Waals surface area contributed by atoms with Crippen molar-refractivity contribution in [1.82, 2.24) is 4.90 Å². The number of hydrogen-bond acceptors (Lipinski definition) is 4. The molecule has 38 heavy (non-hydrogen) atoms. The Morgan fingerprint density at radius 2 is 1.71 bits per heavy atom. The molecule has 0 unspecified atom stereocenters. The van der Waals surface area contributed by atoms with Crippen LogP contribution in [0.3, 0.4) is 0 Å². The minimum Gasteiger partial charge on any atom is -0.462 e. The van der Waals surface area contributed by atoms with Crippen LogP contribution in [0.5, 0.6) is 0 Å². The van der Waals surface area contributed by atoms with E-state index in [2.05, 4.69) is 53.4 Å². The first kappa shape index (κ1) is 28.9. The van der Waals surface area contributed by atoms with E-state index < -0.39 is 0 Å². The molecule has 1 aliphatic heterocycles. The van der Waals surface area contributed by atoms with Gasteiger partial charge in [-0.15, -0.1) is 0 Å². The highest BCUT2D eigenvalue weighted by atomic mass is 16.6. The Labute approximate surface area is 234 Å². The van der Waals surface area contributed by atoms with E-state index >= 15 is 0 Å². The summed E-state index contributed by atoms with van der Waals surface area (Å²) in [6, 6.07) is 0. The smallest absolute Gasteiger partial charge is 0.302 e. The summed E-state index contributed by atoms with van der Waals surface area (Å²) in [4.78, 5) is 14.5. The van der Waals surface area contributed by atoms with Crippen LogP contribution in [0.1, 0.15) is 126 Å². The zero-order valence-corrected chi connectivity index (χ0v) is 26.1. The quantitative estimate of drug-likeness (QED) is 0.213. The Kier molecular flexibility index (Phi) is 7.86. The van der Waals surface area contributed by atoms with Crippen LogP contribution in [0, 0.1) is 46.3 Å². The van der Waals surface area contributed by atoms with Crippen molar-refractivity contribution in [2.45, 2.75) is 143 Å². The topological polar surface area (TPSA) is 42.1 Å². The number of likely N-dealkylation sites (N-methyl/N-ethyl adjacent to an activating group) is 1. The fraction of sp³-hybridized carbons (Fsp3) is 0.971. The number of nitrogens with zero attached hydrogens (tertiary/aromatic N) is 1. The third-order valence-electron chi connectivity index (χ3n) is 13.2. The van der Waals surface area contributed by atoms with Crippen LogP contribution in [-0.2, 0) is 14.3 Å². The minimum atomic E-state index is -0.133. The van der Waals surface area contributed by atoms with E-state index in [0.29, 0.717) is 5.41 Å². The van der Waals surface area contributed by atoms with Crippen molar-refractivity contribution in [3.8, 4) is 0 Å². The van der Waals surface area contributed by atoms with Gasteiger partial charge in [-0.25, -0.2) is 0 Å². The van der Waals surface area contributed by atoms with Crippen LogP contribution < -0.4 is 0 Å². The molecule has 1 saturated heterocycles. The number of esters is 1. The van der Waals surface area contributed by atoms with Crippen molar-refractivity contribution >= 4 is 5.97 Å². The summed E-state index contributed by atoms with van der Waals surface area (Å²) in [5.74, 6) is 4.80. The van der Waals surface area contributed by atoms with Gasteiger partial charge in [0.2, 0.25) is 0 Å². The van der Waals surface area contributed by atoms with E-state index in [1.54, 1.807) is 6.92 Å². The van der Waals surface area contributed by atoms with Crippen molar-refractivity contribution in [3.63, 3.8) is 0 Å².